The van der Waals surface area contributed by atoms with Crippen molar-refractivity contribution in [2.45, 2.75) is 18.4 Å². The summed E-state index contributed by atoms with van der Waals surface area (Å²) >= 11 is 0. The molecule has 0 fully saturated rings. The lowest BCUT2D eigenvalue weighted by molar-refractivity contribution is -0.139. The van der Waals surface area contributed by atoms with E-state index in [0.29, 0.717) is 6.42 Å². The second-order valence-corrected chi connectivity index (χ2v) is 7.34. The molecule has 4 aromatic carbocycles. The van der Waals surface area contributed by atoms with Gasteiger partial charge < -0.3 is 10.8 Å². The van der Waals surface area contributed by atoms with Crippen LogP contribution in [0.5, 0.6) is 0 Å². The second-order valence-electron chi connectivity index (χ2n) is 7.34. The monoisotopic (exact) mass is 381 g/mol. The Labute approximate surface area is 170 Å². The van der Waals surface area contributed by atoms with Crippen molar-refractivity contribution in [2.24, 2.45) is 5.73 Å². The van der Waals surface area contributed by atoms with Crippen molar-refractivity contribution in [3.63, 3.8) is 0 Å². The standard InChI is InChI=1S/C26H23NO2/c27-25(26(28)29)24(16-18-6-2-1-3-7-18)21-13-10-20(11-14-21)23-15-12-19-8-4-5-9-22(19)17-23/h1-15,17,24-25H,16,27H2,(H,28,29)/t24?,25-/m0/s1. The SMILES string of the molecule is N[C@H](C(=O)O)C(Cc1ccccc1)c1ccc(-c2ccc3ccccc3c2)cc1. The third-order valence-electron chi connectivity index (χ3n) is 5.44. The molecule has 3 heteroatoms. The number of carboxylic acid groups (broad SMARTS) is 1. The van der Waals surface area contributed by atoms with Crippen molar-refractivity contribution in [2.75, 3.05) is 0 Å². The molecule has 0 heterocycles. The highest BCUT2D eigenvalue weighted by molar-refractivity contribution is 5.87. The summed E-state index contributed by atoms with van der Waals surface area (Å²) in [5.74, 6) is -1.27. The Morgan fingerprint density at radius 2 is 1.38 bits per heavy atom. The van der Waals surface area contributed by atoms with Crippen molar-refractivity contribution in [3.05, 3.63) is 108 Å². The smallest absolute Gasteiger partial charge is 0.321 e. The van der Waals surface area contributed by atoms with E-state index in [4.69, 9.17) is 5.73 Å². The van der Waals surface area contributed by atoms with Gasteiger partial charge in [-0.15, -0.1) is 0 Å². The van der Waals surface area contributed by atoms with E-state index in [9.17, 15) is 9.90 Å². The molecule has 144 valence electrons. The van der Waals surface area contributed by atoms with E-state index in [1.807, 2.05) is 66.7 Å². The molecular formula is C26H23NO2. The van der Waals surface area contributed by atoms with Gasteiger partial charge in [-0.1, -0.05) is 91.0 Å². The van der Waals surface area contributed by atoms with Gasteiger partial charge in [-0.25, -0.2) is 0 Å². The van der Waals surface area contributed by atoms with Gasteiger partial charge in [0.25, 0.3) is 0 Å². The molecule has 4 rings (SSSR count). The van der Waals surface area contributed by atoms with Gasteiger partial charge in [0.2, 0.25) is 0 Å². The summed E-state index contributed by atoms with van der Waals surface area (Å²) < 4.78 is 0. The van der Waals surface area contributed by atoms with Crippen LogP contribution in [0.3, 0.4) is 0 Å². The van der Waals surface area contributed by atoms with Gasteiger partial charge in [0, 0.05) is 5.92 Å². The minimum absolute atomic E-state index is 0.291. The zero-order chi connectivity index (χ0) is 20.2. The molecule has 0 aliphatic carbocycles. The molecule has 4 aromatic rings. The van der Waals surface area contributed by atoms with Crippen LogP contribution in [0.4, 0.5) is 0 Å². The van der Waals surface area contributed by atoms with Crippen molar-refractivity contribution >= 4 is 16.7 Å². The van der Waals surface area contributed by atoms with Crippen molar-refractivity contribution < 1.29 is 9.90 Å². The highest BCUT2D eigenvalue weighted by Crippen LogP contribution is 2.29. The van der Waals surface area contributed by atoms with Gasteiger partial charge in [0.15, 0.2) is 0 Å². The van der Waals surface area contributed by atoms with Gasteiger partial charge >= 0.3 is 5.97 Å². The normalized spacial score (nSPS) is 13.1. The maximum Gasteiger partial charge on any atom is 0.321 e. The predicted octanol–water partition coefficient (Wildman–Crippen LogP) is 5.25. The molecule has 0 aliphatic heterocycles. The fourth-order valence-corrected chi connectivity index (χ4v) is 3.78. The van der Waals surface area contributed by atoms with Crippen molar-refractivity contribution in [1.82, 2.24) is 0 Å². The zero-order valence-corrected chi connectivity index (χ0v) is 16.0. The molecule has 0 radical (unpaired) electrons. The fraction of sp³-hybridized carbons (Fsp3) is 0.115. The maximum absolute atomic E-state index is 11.6. The molecule has 0 bridgehead atoms. The van der Waals surface area contributed by atoms with Crippen LogP contribution in [0.15, 0.2) is 97.1 Å². The van der Waals surface area contributed by atoms with Crippen LogP contribution in [0.25, 0.3) is 21.9 Å². The molecule has 3 nitrogen and oxygen atoms in total. The molecule has 29 heavy (non-hydrogen) atoms. The Morgan fingerprint density at radius 3 is 2.07 bits per heavy atom. The predicted molar refractivity (Wildman–Crippen MR) is 118 cm³/mol. The largest absolute Gasteiger partial charge is 0.480 e. The Morgan fingerprint density at radius 1 is 0.759 bits per heavy atom. The number of hydrogen-bond acceptors (Lipinski definition) is 2. The Kier molecular flexibility index (Phi) is 5.41. The minimum Gasteiger partial charge on any atom is -0.480 e. The zero-order valence-electron chi connectivity index (χ0n) is 16.0. The van der Waals surface area contributed by atoms with Crippen LogP contribution >= 0.6 is 0 Å². The molecule has 0 aliphatic rings. The second kappa shape index (κ2) is 8.29. The van der Waals surface area contributed by atoms with E-state index in [0.717, 1.165) is 22.3 Å². The van der Waals surface area contributed by atoms with Crippen LogP contribution in [-0.2, 0) is 11.2 Å². The quantitative estimate of drug-likeness (QED) is 0.480. The molecule has 0 aromatic heterocycles. The lowest BCUT2D eigenvalue weighted by Gasteiger charge is -2.22. The van der Waals surface area contributed by atoms with E-state index in [1.165, 1.54) is 10.8 Å². The minimum atomic E-state index is -0.982. The Balaban J connectivity index is 1.64. The number of benzene rings is 4. The number of carbonyl (C=O) groups is 1. The average Bonchev–Trinajstić information content (AvgIpc) is 2.77. The van der Waals surface area contributed by atoms with Gasteiger partial charge in [-0.3, -0.25) is 4.79 Å². The molecule has 0 spiro atoms. The first kappa shape index (κ1) is 18.9. The van der Waals surface area contributed by atoms with Crippen LogP contribution in [0.1, 0.15) is 17.0 Å². The summed E-state index contributed by atoms with van der Waals surface area (Å²) in [6, 6.07) is 31.7. The van der Waals surface area contributed by atoms with E-state index in [2.05, 4.69) is 30.3 Å². The third-order valence-corrected chi connectivity index (χ3v) is 5.44. The number of fused-ring (bicyclic) bond motifs is 1. The van der Waals surface area contributed by atoms with Gasteiger partial charge in [0.05, 0.1) is 0 Å². The number of hydrogen-bond donors (Lipinski definition) is 2. The lowest BCUT2D eigenvalue weighted by Crippen LogP contribution is -2.37. The van der Waals surface area contributed by atoms with E-state index < -0.39 is 12.0 Å². The van der Waals surface area contributed by atoms with Gasteiger partial charge in [0.1, 0.15) is 6.04 Å². The molecule has 0 saturated heterocycles. The molecule has 1 unspecified atom stereocenters. The fourth-order valence-electron chi connectivity index (χ4n) is 3.78. The molecule has 2 atom stereocenters. The summed E-state index contributed by atoms with van der Waals surface area (Å²) in [6.07, 6.45) is 0.587. The summed E-state index contributed by atoms with van der Waals surface area (Å²) in [5, 5.41) is 11.9. The highest BCUT2D eigenvalue weighted by atomic mass is 16.4. The number of nitrogens with two attached hydrogens (primary N) is 1. The summed E-state index contributed by atoms with van der Waals surface area (Å²) in [4.78, 5) is 11.6. The Bertz CT molecular complexity index is 1120. The first-order valence-electron chi connectivity index (χ1n) is 9.73. The molecular weight excluding hydrogens is 358 g/mol. The van der Waals surface area contributed by atoms with Crippen LogP contribution in [-0.4, -0.2) is 17.1 Å². The summed E-state index contributed by atoms with van der Waals surface area (Å²) in [7, 11) is 0. The summed E-state index contributed by atoms with van der Waals surface area (Å²) in [5.41, 5.74) is 10.3. The lowest BCUT2D eigenvalue weighted by atomic mass is 9.85. The third kappa shape index (κ3) is 4.20. The van der Waals surface area contributed by atoms with Crippen LogP contribution in [0, 0.1) is 0 Å². The summed E-state index contributed by atoms with van der Waals surface area (Å²) in [6.45, 7) is 0. The number of aliphatic carboxylic acids is 1. The van der Waals surface area contributed by atoms with E-state index in [1.54, 1.807) is 0 Å². The van der Waals surface area contributed by atoms with Gasteiger partial charge in [-0.05, 0) is 45.5 Å². The maximum atomic E-state index is 11.6. The topological polar surface area (TPSA) is 63.3 Å². The number of rotatable bonds is 6. The van der Waals surface area contributed by atoms with Crippen LogP contribution in [0.2, 0.25) is 0 Å². The molecule has 0 amide bonds. The van der Waals surface area contributed by atoms with Crippen molar-refractivity contribution in [3.8, 4) is 11.1 Å². The average molecular weight is 381 g/mol. The first-order valence-corrected chi connectivity index (χ1v) is 9.73. The number of carboxylic acids is 1. The molecule has 3 N–H and O–H groups in total. The Hall–Kier alpha value is -3.43. The van der Waals surface area contributed by atoms with Crippen LogP contribution < -0.4 is 5.73 Å². The highest BCUT2D eigenvalue weighted by Gasteiger charge is 2.26. The van der Waals surface area contributed by atoms with E-state index >= 15 is 0 Å². The first-order chi connectivity index (χ1) is 14.1. The molecule has 0 saturated carbocycles. The van der Waals surface area contributed by atoms with Crippen molar-refractivity contribution in [1.29, 1.82) is 0 Å². The van der Waals surface area contributed by atoms with Gasteiger partial charge in [-0.2, -0.15) is 0 Å². The van der Waals surface area contributed by atoms with E-state index in [-0.39, 0.29) is 5.92 Å².